The monoisotopic (exact) mass is 220 g/mol. The second-order valence-electron chi connectivity index (χ2n) is 4.39. The highest BCUT2D eigenvalue weighted by molar-refractivity contribution is 5.07. The molecule has 90 valence electrons. The van der Waals surface area contributed by atoms with E-state index in [9.17, 15) is 0 Å². The first-order chi connectivity index (χ1) is 7.77. The van der Waals surface area contributed by atoms with E-state index in [-0.39, 0.29) is 0 Å². The van der Waals surface area contributed by atoms with E-state index in [1.54, 1.807) is 0 Å². The van der Waals surface area contributed by atoms with Gasteiger partial charge in [-0.15, -0.1) is 0 Å². The average molecular weight is 220 g/mol. The molecular formula is C14H24N2. The van der Waals surface area contributed by atoms with Gasteiger partial charge in [-0.3, -0.25) is 4.98 Å². The van der Waals surface area contributed by atoms with Gasteiger partial charge in [-0.1, -0.05) is 32.8 Å². The van der Waals surface area contributed by atoms with E-state index >= 15 is 0 Å². The maximum atomic E-state index is 4.38. The van der Waals surface area contributed by atoms with Crippen molar-refractivity contribution in [3.05, 3.63) is 30.1 Å². The van der Waals surface area contributed by atoms with E-state index in [0.29, 0.717) is 12.1 Å². The molecule has 2 atom stereocenters. The summed E-state index contributed by atoms with van der Waals surface area (Å²) in [6.07, 6.45) is 6.90. The van der Waals surface area contributed by atoms with Gasteiger partial charge in [-0.05, 0) is 31.9 Å². The van der Waals surface area contributed by atoms with Crippen molar-refractivity contribution < 1.29 is 0 Å². The van der Waals surface area contributed by atoms with Crippen LogP contribution >= 0.6 is 0 Å². The van der Waals surface area contributed by atoms with E-state index < -0.39 is 0 Å². The lowest BCUT2D eigenvalue weighted by Crippen LogP contribution is -2.31. The quantitative estimate of drug-likeness (QED) is 0.758. The zero-order chi connectivity index (χ0) is 11.8. The van der Waals surface area contributed by atoms with Gasteiger partial charge in [0.1, 0.15) is 0 Å². The Morgan fingerprint density at radius 3 is 2.69 bits per heavy atom. The average Bonchev–Trinajstić information content (AvgIpc) is 2.35. The molecule has 2 unspecified atom stereocenters. The van der Waals surface area contributed by atoms with Gasteiger partial charge in [0.15, 0.2) is 0 Å². The van der Waals surface area contributed by atoms with Crippen LogP contribution in [0.2, 0.25) is 0 Å². The van der Waals surface area contributed by atoms with Crippen LogP contribution in [0.15, 0.2) is 24.4 Å². The number of pyridine rings is 1. The van der Waals surface area contributed by atoms with Crippen LogP contribution in [-0.4, -0.2) is 11.0 Å². The Kier molecular flexibility index (Phi) is 6.09. The summed E-state index contributed by atoms with van der Waals surface area (Å²) in [5.74, 6) is 0. The molecule has 1 N–H and O–H groups in total. The summed E-state index contributed by atoms with van der Waals surface area (Å²) in [7, 11) is 0. The lowest BCUT2D eigenvalue weighted by atomic mass is 10.1. The first-order valence-electron chi connectivity index (χ1n) is 6.44. The minimum Gasteiger partial charge on any atom is -0.306 e. The van der Waals surface area contributed by atoms with Crippen molar-refractivity contribution in [2.45, 2.75) is 58.5 Å². The van der Waals surface area contributed by atoms with E-state index in [4.69, 9.17) is 0 Å². The van der Waals surface area contributed by atoms with E-state index in [2.05, 4.69) is 37.1 Å². The Hall–Kier alpha value is -0.890. The molecule has 0 saturated heterocycles. The third kappa shape index (κ3) is 4.31. The molecule has 1 heterocycles. The molecule has 0 bridgehead atoms. The van der Waals surface area contributed by atoms with Crippen LogP contribution in [0.4, 0.5) is 0 Å². The van der Waals surface area contributed by atoms with Gasteiger partial charge >= 0.3 is 0 Å². The number of unbranched alkanes of at least 4 members (excludes halogenated alkanes) is 1. The Bertz CT molecular complexity index is 271. The predicted octanol–water partition coefficient (Wildman–Crippen LogP) is 3.70. The van der Waals surface area contributed by atoms with Gasteiger partial charge in [0.05, 0.1) is 5.69 Å². The lowest BCUT2D eigenvalue weighted by Gasteiger charge is -2.21. The molecule has 2 heteroatoms. The van der Waals surface area contributed by atoms with Gasteiger partial charge in [0, 0.05) is 18.3 Å². The van der Waals surface area contributed by atoms with E-state index in [1.165, 1.54) is 25.7 Å². The summed E-state index contributed by atoms with van der Waals surface area (Å²) in [6, 6.07) is 7.07. The first-order valence-corrected chi connectivity index (χ1v) is 6.44. The molecule has 0 amide bonds. The van der Waals surface area contributed by atoms with Crippen LogP contribution in [0.1, 0.15) is 58.2 Å². The molecule has 2 nitrogen and oxygen atoms in total. The molecule has 0 saturated carbocycles. The Labute approximate surface area is 99.5 Å². The predicted molar refractivity (Wildman–Crippen MR) is 69.4 cm³/mol. The van der Waals surface area contributed by atoms with Crippen LogP contribution in [0.3, 0.4) is 0 Å². The maximum Gasteiger partial charge on any atom is 0.0570 e. The van der Waals surface area contributed by atoms with Crippen molar-refractivity contribution in [1.82, 2.24) is 10.3 Å². The van der Waals surface area contributed by atoms with Gasteiger partial charge in [0.25, 0.3) is 0 Å². The first kappa shape index (κ1) is 13.2. The molecule has 0 aliphatic heterocycles. The Morgan fingerprint density at radius 1 is 1.31 bits per heavy atom. The number of aromatic nitrogens is 1. The van der Waals surface area contributed by atoms with Crippen molar-refractivity contribution in [2.75, 3.05) is 0 Å². The minimum absolute atomic E-state index is 0.350. The number of nitrogens with zero attached hydrogens (tertiary/aromatic N) is 1. The smallest absolute Gasteiger partial charge is 0.0570 e. The SMILES string of the molecule is CCCCC(CC)NC(C)c1ccccn1. The van der Waals surface area contributed by atoms with Gasteiger partial charge in [-0.2, -0.15) is 0 Å². The molecular weight excluding hydrogens is 196 g/mol. The van der Waals surface area contributed by atoms with Gasteiger partial charge in [-0.25, -0.2) is 0 Å². The molecule has 0 spiro atoms. The van der Waals surface area contributed by atoms with Crippen LogP contribution in [0.5, 0.6) is 0 Å². The molecule has 0 aliphatic rings. The van der Waals surface area contributed by atoms with Gasteiger partial charge < -0.3 is 5.32 Å². The van der Waals surface area contributed by atoms with Crippen molar-refractivity contribution in [3.63, 3.8) is 0 Å². The zero-order valence-corrected chi connectivity index (χ0v) is 10.7. The van der Waals surface area contributed by atoms with Crippen LogP contribution in [-0.2, 0) is 0 Å². The highest BCUT2D eigenvalue weighted by atomic mass is 15.0. The second kappa shape index (κ2) is 7.39. The lowest BCUT2D eigenvalue weighted by molar-refractivity contribution is 0.406. The summed E-state index contributed by atoms with van der Waals surface area (Å²) >= 11 is 0. The standard InChI is InChI=1S/C14H24N2/c1-4-6-9-13(5-2)16-12(3)14-10-7-8-11-15-14/h7-8,10-13,16H,4-6,9H2,1-3H3. The van der Waals surface area contributed by atoms with Crippen molar-refractivity contribution >= 4 is 0 Å². The molecule has 16 heavy (non-hydrogen) atoms. The molecule has 1 rings (SSSR count). The summed E-state index contributed by atoms with van der Waals surface area (Å²) < 4.78 is 0. The van der Waals surface area contributed by atoms with Crippen LogP contribution in [0.25, 0.3) is 0 Å². The topological polar surface area (TPSA) is 24.9 Å². The number of hydrogen-bond donors (Lipinski definition) is 1. The fourth-order valence-corrected chi connectivity index (χ4v) is 1.93. The third-order valence-corrected chi connectivity index (χ3v) is 3.02. The molecule has 0 radical (unpaired) electrons. The Balaban J connectivity index is 2.45. The summed E-state index contributed by atoms with van der Waals surface area (Å²) in [6.45, 7) is 6.68. The van der Waals surface area contributed by atoms with E-state index in [0.717, 1.165) is 5.69 Å². The summed E-state index contributed by atoms with van der Waals surface area (Å²) in [5, 5.41) is 3.66. The fraction of sp³-hybridized carbons (Fsp3) is 0.643. The highest BCUT2D eigenvalue weighted by Gasteiger charge is 2.11. The largest absolute Gasteiger partial charge is 0.306 e. The molecule has 0 aliphatic carbocycles. The van der Waals surface area contributed by atoms with Crippen molar-refractivity contribution in [3.8, 4) is 0 Å². The van der Waals surface area contributed by atoms with Crippen LogP contribution < -0.4 is 5.32 Å². The van der Waals surface area contributed by atoms with E-state index in [1.807, 2.05) is 18.3 Å². The van der Waals surface area contributed by atoms with Crippen LogP contribution in [0, 0.1) is 0 Å². The molecule has 0 fully saturated rings. The fourth-order valence-electron chi connectivity index (χ4n) is 1.93. The number of nitrogens with one attached hydrogen (secondary N) is 1. The molecule has 1 aromatic rings. The Morgan fingerprint density at radius 2 is 2.12 bits per heavy atom. The third-order valence-electron chi connectivity index (χ3n) is 3.02. The highest BCUT2D eigenvalue weighted by Crippen LogP contribution is 2.13. The van der Waals surface area contributed by atoms with Crippen molar-refractivity contribution in [2.24, 2.45) is 0 Å². The summed E-state index contributed by atoms with van der Waals surface area (Å²) in [5.41, 5.74) is 1.14. The number of hydrogen-bond acceptors (Lipinski definition) is 2. The molecule has 0 aromatic carbocycles. The van der Waals surface area contributed by atoms with Crippen molar-refractivity contribution in [1.29, 1.82) is 0 Å². The maximum absolute atomic E-state index is 4.38. The number of rotatable bonds is 7. The van der Waals surface area contributed by atoms with Gasteiger partial charge in [0.2, 0.25) is 0 Å². The zero-order valence-electron chi connectivity index (χ0n) is 10.7. The summed E-state index contributed by atoms with van der Waals surface area (Å²) in [4.78, 5) is 4.38. The minimum atomic E-state index is 0.350. The second-order valence-corrected chi connectivity index (χ2v) is 4.39. The molecule has 1 aromatic heterocycles. The normalized spacial score (nSPS) is 14.7.